The highest BCUT2D eigenvalue weighted by atomic mass is 35.5. The SMILES string of the molecule is CC(C)=C1C(=O)N(CC(=O)NC2CCC(NC(=O)CCC3=[N+]4C(=C(c5cccc(-c6[nH]c7ccccc7c6CC(NC(=O)COCC(=O)NCCOCCOCCCCCCCl)C(=O)O)c5)c5c(C)cc(C)n5[B-]4(F)F)C=C3)CC2)C(=O)/C1=C(/c1cc(C)oc1C)C(C)C. The number of alkyl halides is 1. The number of unbranched alkanes of at least 4 members (excludes halogenated alkanes) is 3. The number of aliphatic carboxylic acids is 1. The van der Waals surface area contributed by atoms with Gasteiger partial charge in [0, 0.05) is 90.4 Å². The first-order chi connectivity index (χ1) is 45.0. The Morgan fingerprint density at radius 3 is 2.14 bits per heavy atom. The number of para-hydroxylation sites is 1. The van der Waals surface area contributed by atoms with E-state index in [0.29, 0.717) is 130 Å². The predicted molar refractivity (Wildman–Crippen MR) is 356 cm³/mol. The van der Waals surface area contributed by atoms with Gasteiger partial charge in [-0.1, -0.05) is 68.7 Å². The molecule has 24 heteroatoms. The minimum atomic E-state index is -4.46. The Kier molecular flexibility index (Phi) is 23.4. The summed E-state index contributed by atoms with van der Waals surface area (Å²) in [6, 6.07) is 16.4. The molecule has 0 spiro atoms. The van der Waals surface area contributed by atoms with E-state index in [-0.39, 0.29) is 78.9 Å². The van der Waals surface area contributed by atoms with Gasteiger partial charge in [0.2, 0.25) is 23.6 Å². The molecule has 1 aliphatic carbocycles. The molecule has 20 nitrogen and oxygen atoms in total. The van der Waals surface area contributed by atoms with Crippen molar-refractivity contribution in [3.05, 3.63) is 140 Å². The number of likely N-dealkylation sites (tertiary alicyclic amines) is 1. The lowest BCUT2D eigenvalue weighted by atomic mass is 9.84. The second-order valence-corrected chi connectivity index (χ2v) is 25.6. The topological polar surface area (TPSA) is 256 Å². The molecule has 3 aromatic heterocycles. The number of aromatic amines is 1. The number of aromatic nitrogens is 2. The minimum Gasteiger partial charge on any atom is -0.480 e. The quantitative estimate of drug-likeness (QED) is 0.00797. The Labute approximate surface area is 551 Å². The second kappa shape index (κ2) is 31.3. The third-order valence-corrected chi connectivity index (χ3v) is 17.9. The summed E-state index contributed by atoms with van der Waals surface area (Å²) in [5.74, 6) is -2.53. The molecule has 6 amide bonds. The van der Waals surface area contributed by atoms with Crippen LogP contribution < -0.4 is 21.3 Å². The number of amides is 6. The number of hydrogen-bond acceptors (Lipinski definition) is 11. The van der Waals surface area contributed by atoms with Crippen LogP contribution in [0.4, 0.5) is 8.63 Å². The molecular weight excluding hydrogens is 1230 g/mol. The zero-order valence-electron chi connectivity index (χ0n) is 54.9. The van der Waals surface area contributed by atoms with E-state index in [2.05, 4.69) is 26.3 Å². The van der Waals surface area contributed by atoms with Gasteiger partial charge in [-0.05, 0) is 144 Å². The number of rotatable bonds is 31. The normalized spacial score (nSPS) is 17.7. The number of carboxylic acid groups (broad SMARTS) is 1. The van der Waals surface area contributed by atoms with Crippen molar-refractivity contribution >= 4 is 87.7 Å². The van der Waals surface area contributed by atoms with E-state index in [1.807, 2.05) is 76.2 Å². The van der Waals surface area contributed by atoms with Crippen LogP contribution in [0.1, 0.15) is 137 Å². The Bertz CT molecular complexity index is 3880. The van der Waals surface area contributed by atoms with Gasteiger partial charge in [0.05, 0.1) is 36.5 Å². The molecule has 1 unspecified atom stereocenters. The zero-order chi connectivity index (χ0) is 67.5. The molecular formula is C70H86BClF2N8O12. The highest BCUT2D eigenvalue weighted by molar-refractivity contribution is 6.58. The number of allylic oxidation sites excluding steroid dienone is 4. The number of carbonyl (C=O) groups is 7. The first-order valence-electron chi connectivity index (χ1n) is 32.5. The van der Waals surface area contributed by atoms with Crippen molar-refractivity contribution in [2.45, 2.75) is 144 Å². The molecule has 4 aliphatic rings. The maximum absolute atomic E-state index is 17.3. The number of H-pyrrole nitrogens is 1. The van der Waals surface area contributed by atoms with Crippen molar-refractivity contribution in [2.75, 3.05) is 58.6 Å². The monoisotopic (exact) mass is 1310 g/mol. The molecule has 0 bridgehead atoms. The lowest BCUT2D eigenvalue weighted by Gasteiger charge is -2.33. The smallest absolute Gasteiger partial charge is 0.480 e. The van der Waals surface area contributed by atoms with Gasteiger partial charge in [0.25, 0.3) is 11.8 Å². The van der Waals surface area contributed by atoms with Crippen molar-refractivity contribution in [3.63, 3.8) is 0 Å². The molecule has 1 saturated carbocycles. The number of nitrogens with zero attached hydrogens (tertiary/aromatic N) is 3. The van der Waals surface area contributed by atoms with Crippen LogP contribution in [0.25, 0.3) is 33.3 Å². The molecule has 1 saturated heterocycles. The van der Waals surface area contributed by atoms with E-state index in [0.717, 1.165) is 45.1 Å². The summed E-state index contributed by atoms with van der Waals surface area (Å²) in [7, 11) is 0. The van der Waals surface area contributed by atoms with Crippen LogP contribution in [0, 0.1) is 33.6 Å². The lowest BCUT2D eigenvalue weighted by Crippen LogP contribution is -2.51. The molecule has 6 heterocycles. The third-order valence-electron chi connectivity index (χ3n) is 17.6. The van der Waals surface area contributed by atoms with Crippen LogP contribution in [0.15, 0.2) is 99.6 Å². The number of aryl methyl sites for hydroxylation is 4. The first-order valence-corrected chi connectivity index (χ1v) is 33.0. The fourth-order valence-electron chi connectivity index (χ4n) is 13.4. The molecule has 6 N–H and O–H groups in total. The van der Waals surface area contributed by atoms with Gasteiger partial charge in [-0.25, -0.2) is 4.79 Å². The summed E-state index contributed by atoms with van der Waals surface area (Å²) in [5.41, 5.74) is 8.10. The molecule has 2 fully saturated rings. The predicted octanol–water partition coefficient (Wildman–Crippen LogP) is 9.70. The summed E-state index contributed by atoms with van der Waals surface area (Å²) in [6.07, 6.45) is 9.25. The third kappa shape index (κ3) is 16.1. The highest BCUT2D eigenvalue weighted by Crippen LogP contribution is 2.44. The summed E-state index contributed by atoms with van der Waals surface area (Å²) in [4.78, 5) is 98.3. The average Bonchev–Trinajstić information content (AvgIpc) is 1.51. The lowest BCUT2D eigenvalue weighted by molar-refractivity contribution is -0.363. The number of imide groups is 1. The number of fused-ring (bicyclic) bond motifs is 3. The summed E-state index contributed by atoms with van der Waals surface area (Å²) >= 11 is 5.71. The summed E-state index contributed by atoms with van der Waals surface area (Å²) in [5, 5.41) is 22.5. The van der Waals surface area contributed by atoms with Crippen LogP contribution >= 0.6 is 11.6 Å². The number of halogens is 3. The van der Waals surface area contributed by atoms with Crippen LogP contribution in [0.2, 0.25) is 0 Å². The number of ether oxygens (including phenoxy) is 3. The molecule has 5 aromatic rings. The van der Waals surface area contributed by atoms with Crippen LogP contribution in [0.5, 0.6) is 0 Å². The molecule has 502 valence electrons. The largest absolute Gasteiger partial charge is 0.737 e. The number of nitrogens with one attached hydrogen (secondary N) is 5. The van der Waals surface area contributed by atoms with E-state index in [1.54, 1.807) is 52.0 Å². The van der Waals surface area contributed by atoms with Crippen molar-refractivity contribution < 1.29 is 70.4 Å². The Hall–Kier alpha value is -8.25. The van der Waals surface area contributed by atoms with Crippen molar-refractivity contribution in [2.24, 2.45) is 5.92 Å². The van der Waals surface area contributed by atoms with Crippen LogP contribution in [-0.2, 0) is 54.2 Å². The minimum absolute atomic E-state index is 0.00101. The number of carboxylic acids is 1. The number of furan rings is 1. The van der Waals surface area contributed by atoms with Crippen LogP contribution in [0.3, 0.4) is 0 Å². The van der Waals surface area contributed by atoms with E-state index < -0.39 is 68.3 Å². The molecule has 9 rings (SSSR count). The Morgan fingerprint density at radius 2 is 1.46 bits per heavy atom. The van der Waals surface area contributed by atoms with E-state index in [4.69, 9.17) is 30.2 Å². The fourth-order valence-corrected chi connectivity index (χ4v) is 13.6. The van der Waals surface area contributed by atoms with Gasteiger partial charge < -0.3 is 67.6 Å². The average molecular weight is 1320 g/mol. The van der Waals surface area contributed by atoms with Crippen molar-refractivity contribution in [3.8, 4) is 11.3 Å². The fraction of sp³-hybridized carbons (Fsp3) is 0.457. The Morgan fingerprint density at radius 1 is 0.787 bits per heavy atom. The number of benzene rings is 2. The highest BCUT2D eigenvalue weighted by Gasteiger charge is 2.55. The molecule has 2 aromatic carbocycles. The van der Waals surface area contributed by atoms with Crippen molar-refractivity contribution in [1.82, 2.24) is 35.6 Å². The van der Waals surface area contributed by atoms with Gasteiger partial charge in [-0.15, -0.1) is 11.6 Å². The number of hydrogen-bond donors (Lipinski definition) is 6. The molecule has 94 heavy (non-hydrogen) atoms. The molecule has 3 aliphatic heterocycles. The van der Waals surface area contributed by atoms with E-state index >= 15 is 8.63 Å². The second-order valence-electron chi connectivity index (χ2n) is 25.2. The van der Waals surface area contributed by atoms with E-state index in [1.165, 1.54) is 0 Å². The van der Waals surface area contributed by atoms with Gasteiger partial charge in [0.15, 0.2) is 5.70 Å². The van der Waals surface area contributed by atoms with Gasteiger partial charge >= 0.3 is 12.9 Å². The van der Waals surface area contributed by atoms with Gasteiger partial charge in [0.1, 0.15) is 43.0 Å². The van der Waals surface area contributed by atoms with Crippen LogP contribution in [-0.4, -0.2) is 155 Å². The van der Waals surface area contributed by atoms with E-state index in [9.17, 15) is 38.7 Å². The summed E-state index contributed by atoms with van der Waals surface area (Å²) < 4.78 is 59.1. The van der Waals surface area contributed by atoms with Gasteiger partial charge in [-0.3, -0.25) is 33.7 Å². The first kappa shape index (κ1) is 70.1. The zero-order valence-corrected chi connectivity index (χ0v) is 55.6. The maximum Gasteiger partial charge on any atom is 0.737 e. The van der Waals surface area contributed by atoms with Gasteiger partial charge in [-0.2, -0.15) is 0 Å². The number of carbonyl (C=O) groups excluding carboxylic acids is 6. The molecule has 0 radical (unpaired) electrons. The summed E-state index contributed by atoms with van der Waals surface area (Å²) in [6.45, 7) is 10.5. The molecule has 1 atom stereocenters. The maximum atomic E-state index is 17.3. The Balaban J connectivity index is 0.823. The standard InChI is InChI=1S/C70H86BClF2N8O12/c1-41(2)62(53-35-45(7)94-46(53)8)65-63(42(3)4)68(87)80(69(65)88)38-59(84)77-50-22-20-49(21-23-50)76-58(83)27-25-51-24-26-57-64(67-43(5)34-44(6)81(67)71(73,74)82(51)57)47-16-15-17-48(36-47)66-54(52-18-11-12-19-55(52)79-66)37-56(70(89)90)78-61(86)40-93-39-60(85)75-29-31-92-33-32-91-30-14-10-9-13-28-72/h11-12,15-19,24,26,34-36,41,49-50,56,79H,9-10,13-14,20-23,25,27-33,37-40H2,1-8H3,(H,75,85)(H,76,83)(H,77,84)(H,78,86)(H,89,90)/b65-62+. The van der Waals surface area contributed by atoms with Crippen molar-refractivity contribution in [1.29, 1.82) is 0 Å².